The number of aliphatic imine (C=N–C) groups is 1. The van der Waals surface area contributed by atoms with Gasteiger partial charge in [-0.05, 0) is 48.7 Å². The molecule has 2 aromatic rings. The van der Waals surface area contributed by atoms with Gasteiger partial charge in [0.05, 0.1) is 12.8 Å². The average Bonchev–Trinajstić information content (AvgIpc) is 3.34. The van der Waals surface area contributed by atoms with E-state index in [1.54, 1.807) is 13.4 Å². The van der Waals surface area contributed by atoms with Crippen molar-refractivity contribution in [2.24, 2.45) is 4.99 Å². The van der Waals surface area contributed by atoms with Crippen molar-refractivity contribution in [2.75, 3.05) is 13.7 Å². The van der Waals surface area contributed by atoms with Crippen molar-refractivity contribution < 1.29 is 19.2 Å². The van der Waals surface area contributed by atoms with E-state index >= 15 is 0 Å². The number of amides is 2. The molecule has 0 saturated heterocycles. The van der Waals surface area contributed by atoms with Crippen molar-refractivity contribution in [3.8, 4) is 16.2 Å². The Morgan fingerprint density at radius 2 is 2.04 bits per heavy atom. The van der Waals surface area contributed by atoms with Gasteiger partial charge >= 0.3 is 5.91 Å². The molecule has 1 saturated carbocycles. The van der Waals surface area contributed by atoms with E-state index in [9.17, 15) is 9.59 Å². The van der Waals surface area contributed by atoms with Gasteiger partial charge in [-0.2, -0.15) is 0 Å². The van der Waals surface area contributed by atoms with Crippen LogP contribution in [-0.2, 0) is 4.79 Å². The molecule has 1 unspecified atom stereocenters. The van der Waals surface area contributed by atoms with Crippen molar-refractivity contribution >= 4 is 35.2 Å². The van der Waals surface area contributed by atoms with Crippen molar-refractivity contribution in [3.63, 3.8) is 0 Å². The van der Waals surface area contributed by atoms with Crippen molar-refractivity contribution in [2.45, 2.75) is 31.7 Å². The highest BCUT2D eigenvalue weighted by atomic mass is 32.1. The van der Waals surface area contributed by atoms with E-state index in [1.165, 1.54) is 11.3 Å². The third kappa shape index (κ3) is 3.79. The van der Waals surface area contributed by atoms with Crippen LogP contribution in [-0.4, -0.2) is 37.8 Å². The lowest BCUT2D eigenvalue weighted by molar-refractivity contribution is -0.695. The van der Waals surface area contributed by atoms with Gasteiger partial charge in [0.15, 0.2) is 17.8 Å². The maximum absolute atomic E-state index is 12.8. The Balaban J connectivity index is 1.46. The van der Waals surface area contributed by atoms with Crippen LogP contribution in [0.4, 0.5) is 5.69 Å². The maximum Gasteiger partial charge on any atom is 0.362 e. The Bertz CT molecular complexity index is 882. The van der Waals surface area contributed by atoms with Crippen LogP contribution in [0, 0.1) is 0 Å². The number of fused-ring (bicyclic) bond motifs is 1. The number of hydrogen-bond acceptors (Lipinski definition) is 5. The molecule has 2 aliphatic rings. The molecule has 1 atom stereocenters. The molecule has 1 fully saturated rings. The van der Waals surface area contributed by atoms with Crippen LogP contribution in [0.15, 0.2) is 35.3 Å². The number of nitrogens with zero attached hydrogens (tertiary/aromatic N) is 1. The fourth-order valence-corrected chi connectivity index (χ4v) is 4.62. The first-order valence-electron chi connectivity index (χ1n) is 9.16. The quantitative estimate of drug-likeness (QED) is 0.830. The first-order valence-corrected chi connectivity index (χ1v) is 9.98. The van der Waals surface area contributed by atoms with E-state index in [0.29, 0.717) is 15.5 Å². The van der Waals surface area contributed by atoms with Gasteiger partial charge in [-0.25, -0.2) is 14.7 Å². The summed E-state index contributed by atoms with van der Waals surface area (Å²) < 4.78 is 5.19. The molecule has 140 valence electrons. The van der Waals surface area contributed by atoms with Crippen LogP contribution in [0.2, 0.25) is 0 Å². The first kappa shape index (κ1) is 17.9. The van der Waals surface area contributed by atoms with Crippen LogP contribution in [0.25, 0.3) is 10.4 Å². The molecule has 0 radical (unpaired) electrons. The minimum absolute atomic E-state index is 0.0907. The number of thiophene rings is 1. The third-order valence-corrected chi connectivity index (χ3v) is 6.19. The van der Waals surface area contributed by atoms with Crippen LogP contribution in [0.3, 0.4) is 0 Å². The molecule has 1 aromatic carbocycles. The van der Waals surface area contributed by atoms with E-state index in [2.05, 4.69) is 10.3 Å². The van der Waals surface area contributed by atoms with Crippen LogP contribution in [0.1, 0.15) is 35.4 Å². The molecule has 2 amide bonds. The Labute approximate surface area is 161 Å². The second-order valence-corrected chi connectivity index (χ2v) is 7.94. The molecular weight excluding hydrogens is 362 g/mol. The van der Waals surface area contributed by atoms with Gasteiger partial charge in [-0.15, -0.1) is 11.3 Å². The number of methoxy groups -OCH3 is 1. The molecule has 0 spiro atoms. The van der Waals surface area contributed by atoms with Crippen molar-refractivity contribution in [3.05, 3.63) is 35.2 Å². The molecule has 6 nitrogen and oxygen atoms in total. The normalized spacial score (nSPS) is 19.1. The molecule has 7 heteroatoms. The summed E-state index contributed by atoms with van der Waals surface area (Å²) in [4.78, 5) is 31.5. The lowest BCUT2D eigenvalue weighted by Crippen LogP contribution is -3.15. The number of benzene rings is 1. The summed E-state index contributed by atoms with van der Waals surface area (Å²) in [5, 5.41) is 3.03. The smallest absolute Gasteiger partial charge is 0.362 e. The van der Waals surface area contributed by atoms with Gasteiger partial charge in [0.25, 0.3) is 5.91 Å². The lowest BCUT2D eigenvalue weighted by atomic mass is 10.1. The molecule has 2 N–H and O–H groups in total. The van der Waals surface area contributed by atoms with Gasteiger partial charge in [0.2, 0.25) is 0 Å². The molecule has 27 heavy (non-hydrogen) atoms. The SMILES string of the molecule is COc1ccc(-c2cc3c(s2)C(=O)[NH+](CC(=O)NC2CCCC2)C=N3)cc1. The maximum atomic E-state index is 12.8. The summed E-state index contributed by atoms with van der Waals surface area (Å²) in [6.07, 6.45) is 5.93. The minimum atomic E-state index is -0.0914. The number of carbonyl (C=O) groups excluding carboxylic acids is 2. The topological polar surface area (TPSA) is 72.2 Å². The lowest BCUT2D eigenvalue weighted by Gasteiger charge is -2.16. The fraction of sp³-hybridized carbons (Fsp3) is 0.350. The average molecular weight is 384 g/mol. The van der Waals surface area contributed by atoms with Gasteiger partial charge in [-0.3, -0.25) is 4.79 Å². The number of rotatable bonds is 5. The molecule has 1 aliphatic carbocycles. The van der Waals surface area contributed by atoms with Gasteiger partial charge in [-0.1, -0.05) is 12.8 Å². The zero-order chi connectivity index (χ0) is 18.8. The summed E-state index contributed by atoms with van der Waals surface area (Å²) in [6, 6.07) is 9.89. The molecular formula is C20H22N3O3S+. The summed E-state index contributed by atoms with van der Waals surface area (Å²) in [5.74, 6) is 0.608. The molecule has 2 heterocycles. The zero-order valence-electron chi connectivity index (χ0n) is 15.2. The third-order valence-electron chi connectivity index (χ3n) is 5.02. The van der Waals surface area contributed by atoms with Gasteiger partial charge in [0.1, 0.15) is 5.75 Å². The van der Waals surface area contributed by atoms with E-state index in [0.717, 1.165) is 41.9 Å². The summed E-state index contributed by atoms with van der Waals surface area (Å²) >= 11 is 1.42. The van der Waals surface area contributed by atoms with E-state index in [1.807, 2.05) is 30.3 Å². The second-order valence-electron chi connectivity index (χ2n) is 6.89. The van der Waals surface area contributed by atoms with Gasteiger partial charge in [0, 0.05) is 10.9 Å². The van der Waals surface area contributed by atoms with Crippen LogP contribution < -0.4 is 15.0 Å². The standard InChI is InChI=1S/C20H21N3O3S/c1-26-15-8-6-13(7-9-15)17-10-16-19(27-17)20(25)23(12-21-16)11-18(24)22-14-4-2-3-5-14/h6-10,12,14H,2-5,11H2,1H3,(H,22,24)/p+1. The Kier molecular flexibility index (Phi) is 5.05. The highest BCUT2D eigenvalue weighted by molar-refractivity contribution is 7.18. The number of carbonyl (C=O) groups is 2. The van der Waals surface area contributed by atoms with E-state index in [-0.39, 0.29) is 24.4 Å². The zero-order valence-corrected chi connectivity index (χ0v) is 16.0. The number of quaternary nitrogens is 1. The fourth-order valence-electron chi connectivity index (χ4n) is 3.54. The van der Waals surface area contributed by atoms with Gasteiger partial charge < -0.3 is 10.1 Å². The number of hydrogen-bond donors (Lipinski definition) is 2. The monoisotopic (exact) mass is 384 g/mol. The first-order chi connectivity index (χ1) is 13.1. The largest absolute Gasteiger partial charge is 0.497 e. The number of nitrogens with one attached hydrogen (secondary N) is 2. The molecule has 4 rings (SSSR count). The molecule has 0 bridgehead atoms. The minimum Gasteiger partial charge on any atom is -0.497 e. The summed E-state index contributed by atoms with van der Waals surface area (Å²) in [6.45, 7) is 0.0913. The van der Waals surface area contributed by atoms with Crippen molar-refractivity contribution in [1.29, 1.82) is 0 Å². The van der Waals surface area contributed by atoms with E-state index < -0.39 is 0 Å². The Morgan fingerprint density at radius 3 is 2.74 bits per heavy atom. The van der Waals surface area contributed by atoms with E-state index in [4.69, 9.17) is 4.74 Å². The second kappa shape index (κ2) is 7.62. The van der Waals surface area contributed by atoms with Crippen LogP contribution in [0.5, 0.6) is 5.75 Å². The predicted octanol–water partition coefficient (Wildman–Crippen LogP) is 2.18. The Hall–Kier alpha value is -2.51. The van der Waals surface area contributed by atoms with Crippen LogP contribution >= 0.6 is 11.3 Å². The number of ether oxygens (including phenoxy) is 1. The summed E-state index contributed by atoms with van der Waals surface area (Å²) in [5.41, 5.74) is 1.69. The molecule has 1 aliphatic heterocycles. The predicted molar refractivity (Wildman–Crippen MR) is 105 cm³/mol. The Morgan fingerprint density at radius 1 is 1.30 bits per heavy atom. The summed E-state index contributed by atoms with van der Waals surface area (Å²) in [7, 11) is 1.63. The molecule has 1 aromatic heterocycles. The highest BCUT2D eigenvalue weighted by Gasteiger charge is 2.32. The van der Waals surface area contributed by atoms with Crippen molar-refractivity contribution in [1.82, 2.24) is 5.32 Å². The highest BCUT2D eigenvalue weighted by Crippen LogP contribution is 2.37.